The highest BCUT2D eigenvalue weighted by atomic mass is 16.5. The minimum absolute atomic E-state index is 0.0433. The van der Waals surface area contributed by atoms with Crippen LogP contribution in [-0.4, -0.2) is 34.0 Å². The Kier molecular flexibility index (Phi) is 4.43. The molecule has 0 amide bonds. The Bertz CT molecular complexity index is 1140. The number of rotatable bonds is 3. The van der Waals surface area contributed by atoms with Gasteiger partial charge in [-0.3, -0.25) is 9.36 Å². The first-order chi connectivity index (χ1) is 13.5. The lowest BCUT2D eigenvalue weighted by Gasteiger charge is -2.21. The Morgan fingerprint density at radius 1 is 1.11 bits per heavy atom. The summed E-state index contributed by atoms with van der Waals surface area (Å²) >= 11 is 0. The van der Waals surface area contributed by atoms with Crippen LogP contribution in [0.1, 0.15) is 24.2 Å². The highest BCUT2D eigenvalue weighted by Crippen LogP contribution is 2.38. The van der Waals surface area contributed by atoms with Crippen molar-refractivity contribution in [2.45, 2.75) is 19.4 Å². The van der Waals surface area contributed by atoms with Gasteiger partial charge in [-0.1, -0.05) is 0 Å². The van der Waals surface area contributed by atoms with Gasteiger partial charge in [-0.05, 0) is 60.4 Å². The third-order valence-corrected chi connectivity index (χ3v) is 4.90. The first kappa shape index (κ1) is 17.9. The summed E-state index contributed by atoms with van der Waals surface area (Å²) in [5, 5.41) is 20.2. The van der Waals surface area contributed by atoms with E-state index in [2.05, 4.69) is 4.98 Å². The molecular weight excluding hydrogens is 360 g/mol. The van der Waals surface area contributed by atoms with Crippen LogP contribution in [0.5, 0.6) is 23.0 Å². The largest absolute Gasteiger partial charge is 0.508 e. The summed E-state index contributed by atoms with van der Waals surface area (Å²) in [5.41, 5.74) is 2.06. The SMILES string of the molecule is COc1cc(/C=C2\CCCn3c2nc2ccc(O)cc2c3=O)cc(OC)c1O. The van der Waals surface area contributed by atoms with Gasteiger partial charge in [0.2, 0.25) is 5.75 Å². The third kappa shape index (κ3) is 2.94. The Morgan fingerprint density at radius 2 is 1.82 bits per heavy atom. The van der Waals surface area contributed by atoms with Crippen molar-refractivity contribution in [2.75, 3.05) is 14.2 Å². The number of allylic oxidation sites excluding steroid dienone is 1. The van der Waals surface area contributed by atoms with Gasteiger partial charge >= 0.3 is 0 Å². The number of phenols is 2. The number of hydrogen-bond donors (Lipinski definition) is 2. The predicted molar refractivity (Wildman–Crippen MR) is 106 cm³/mol. The molecule has 3 aromatic rings. The van der Waals surface area contributed by atoms with Gasteiger partial charge in [0.15, 0.2) is 11.5 Å². The number of nitrogens with zero attached hydrogens (tertiary/aromatic N) is 2. The molecule has 0 bridgehead atoms. The second-order valence-electron chi connectivity index (χ2n) is 6.64. The molecule has 1 aliphatic rings. The van der Waals surface area contributed by atoms with Crippen LogP contribution in [0.3, 0.4) is 0 Å². The van der Waals surface area contributed by atoms with Gasteiger partial charge in [0, 0.05) is 6.54 Å². The highest BCUT2D eigenvalue weighted by Gasteiger charge is 2.20. The molecular formula is C21H20N2O5. The molecule has 2 heterocycles. The number of aromatic nitrogens is 2. The van der Waals surface area contributed by atoms with Crippen molar-refractivity contribution in [3.05, 3.63) is 52.1 Å². The zero-order valence-electron chi connectivity index (χ0n) is 15.6. The fraction of sp³-hybridized carbons (Fsp3) is 0.238. The van der Waals surface area contributed by atoms with Gasteiger partial charge in [-0.15, -0.1) is 0 Å². The number of aromatic hydroxyl groups is 2. The summed E-state index contributed by atoms with van der Waals surface area (Å²) in [6.07, 6.45) is 3.49. The summed E-state index contributed by atoms with van der Waals surface area (Å²) in [4.78, 5) is 17.6. The van der Waals surface area contributed by atoms with Crippen LogP contribution < -0.4 is 15.0 Å². The minimum atomic E-state index is -0.164. The molecule has 2 aromatic carbocycles. The topological polar surface area (TPSA) is 93.8 Å². The molecule has 144 valence electrons. The van der Waals surface area contributed by atoms with Crippen LogP contribution in [0.15, 0.2) is 35.1 Å². The van der Waals surface area contributed by atoms with Gasteiger partial charge < -0.3 is 19.7 Å². The first-order valence-corrected chi connectivity index (χ1v) is 8.91. The Hall–Kier alpha value is -3.48. The molecule has 1 aromatic heterocycles. The molecule has 0 fully saturated rings. The lowest BCUT2D eigenvalue weighted by atomic mass is 10.0. The quantitative estimate of drug-likeness (QED) is 0.725. The highest BCUT2D eigenvalue weighted by molar-refractivity contribution is 5.85. The molecule has 2 N–H and O–H groups in total. The summed E-state index contributed by atoms with van der Waals surface area (Å²) < 4.78 is 12.1. The average Bonchev–Trinajstić information content (AvgIpc) is 2.70. The number of ether oxygens (including phenoxy) is 2. The van der Waals surface area contributed by atoms with Crippen LogP contribution >= 0.6 is 0 Å². The molecule has 0 spiro atoms. The van der Waals surface area contributed by atoms with E-state index in [0.29, 0.717) is 34.8 Å². The lowest BCUT2D eigenvalue weighted by Crippen LogP contribution is -2.27. The van der Waals surface area contributed by atoms with Crippen molar-refractivity contribution >= 4 is 22.6 Å². The van der Waals surface area contributed by atoms with Crippen LogP contribution in [0.25, 0.3) is 22.6 Å². The van der Waals surface area contributed by atoms with Crippen LogP contribution in [0.2, 0.25) is 0 Å². The zero-order valence-corrected chi connectivity index (χ0v) is 15.6. The van der Waals surface area contributed by atoms with E-state index < -0.39 is 0 Å². The molecule has 7 nitrogen and oxygen atoms in total. The standard InChI is InChI=1S/C21H20N2O5/c1-27-17-9-12(10-18(28-2)19(17)25)8-13-4-3-7-23-20(13)22-16-6-5-14(24)11-15(16)21(23)26/h5-6,8-11,24-25H,3-4,7H2,1-2H3/b13-8+. The Balaban J connectivity index is 1.90. The second kappa shape index (κ2) is 6.92. The molecule has 4 rings (SSSR count). The summed E-state index contributed by atoms with van der Waals surface area (Å²) in [7, 11) is 2.95. The number of hydrogen-bond acceptors (Lipinski definition) is 6. The number of benzene rings is 2. The first-order valence-electron chi connectivity index (χ1n) is 8.91. The van der Waals surface area contributed by atoms with Gasteiger partial charge in [-0.2, -0.15) is 0 Å². The maximum Gasteiger partial charge on any atom is 0.261 e. The van der Waals surface area contributed by atoms with Gasteiger partial charge in [0.25, 0.3) is 5.56 Å². The van der Waals surface area contributed by atoms with E-state index in [-0.39, 0.29) is 17.1 Å². The zero-order chi connectivity index (χ0) is 19.8. The van der Waals surface area contributed by atoms with E-state index in [1.54, 1.807) is 22.8 Å². The monoisotopic (exact) mass is 380 g/mol. The smallest absolute Gasteiger partial charge is 0.261 e. The summed E-state index contributed by atoms with van der Waals surface area (Å²) in [6, 6.07) is 8.03. The maximum atomic E-state index is 12.9. The predicted octanol–water partition coefficient (Wildman–Crippen LogP) is 3.16. The van der Waals surface area contributed by atoms with Crippen LogP contribution in [0.4, 0.5) is 0 Å². The third-order valence-electron chi connectivity index (χ3n) is 4.90. The van der Waals surface area contributed by atoms with E-state index in [4.69, 9.17) is 9.47 Å². The molecule has 0 saturated heterocycles. The van der Waals surface area contributed by atoms with Crippen molar-refractivity contribution in [2.24, 2.45) is 0 Å². The second-order valence-corrected chi connectivity index (χ2v) is 6.64. The van der Waals surface area contributed by atoms with Gasteiger partial charge in [-0.25, -0.2) is 4.98 Å². The van der Waals surface area contributed by atoms with E-state index >= 15 is 0 Å². The molecule has 28 heavy (non-hydrogen) atoms. The normalized spacial score (nSPS) is 14.9. The molecule has 0 atom stereocenters. The van der Waals surface area contributed by atoms with E-state index in [1.807, 2.05) is 6.08 Å². The fourth-order valence-corrected chi connectivity index (χ4v) is 3.54. The summed E-state index contributed by atoms with van der Waals surface area (Å²) in [6.45, 7) is 0.576. The van der Waals surface area contributed by atoms with Crippen LogP contribution in [-0.2, 0) is 6.54 Å². The van der Waals surface area contributed by atoms with Crippen molar-refractivity contribution in [1.29, 1.82) is 0 Å². The number of phenolic OH excluding ortho intramolecular Hbond substituents is 2. The van der Waals surface area contributed by atoms with Gasteiger partial charge in [0.1, 0.15) is 11.6 Å². The fourth-order valence-electron chi connectivity index (χ4n) is 3.54. The molecule has 0 saturated carbocycles. The number of methoxy groups -OCH3 is 2. The Labute approximate surface area is 161 Å². The van der Waals surface area contributed by atoms with Crippen LogP contribution in [0, 0.1) is 0 Å². The lowest BCUT2D eigenvalue weighted by molar-refractivity contribution is 0.340. The Morgan fingerprint density at radius 3 is 2.50 bits per heavy atom. The van der Waals surface area contributed by atoms with Crippen molar-refractivity contribution in [1.82, 2.24) is 9.55 Å². The minimum Gasteiger partial charge on any atom is -0.508 e. The summed E-state index contributed by atoms with van der Waals surface area (Å²) in [5.74, 6) is 1.21. The van der Waals surface area contributed by atoms with Crippen molar-refractivity contribution in [3.63, 3.8) is 0 Å². The number of fused-ring (bicyclic) bond motifs is 2. The van der Waals surface area contributed by atoms with Crippen molar-refractivity contribution < 1.29 is 19.7 Å². The van der Waals surface area contributed by atoms with E-state index in [1.165, 1.54) is 26.4 Å². The van der Waals surface area contributed by atoms with E-state index in [9.17, 15) is 15.0 Å². The molecule has 7 heteroatoms. The average molecular weight is 380 g/mol. The maximum absolute atomic E-state index is 12.9. The van der Waals surface area contributed by atoms with E-state index in [0.717, 1.165) is 24.0 Å². The molecule has 0 unspecified atom stereocenters. The molecule has 0 aliphatic carbocycles. The molecule has 1 aliphatic heterocycles. The molecule has 0 radical (unpaired) electrons. The van der Waals surface area contributed by atoms with Crippen molar-refractivity contribution in [3.8, 4) is 23.0 Å². The van der Waals surface area contributed by atoms with Gasteiger partial charge in [0.05, 0.1) is 25.1 Å².